The van der Waals surface area contributed by atoms with Crippen LogP contribution < -0.4 is 18.9 Å². The Labute approximate surface area is 205 Å². The van der Waals surface area contributed by atoms with E-state index in [9.17, 15) is 14.7 Å². The van der Waals surface area contributed by atoms with E-state index in [1.807, 2.05) is 19.0 Å². The number of amides is 1. The summed E-state index contributed by atoms with van der Waals surface area (Å²) in [6.07, 6.45) is 0.642. The predicted molar refractivity (Wildman–Crippen MR) is 131 cm³/mol. The highest BCUT2D eigenvalue weighted by molar-refractivity contribution is 6.46. The molecule has 1 amide bonds. The molecule has 1 unspecified atom stereocenters. The van der Waals surface area contributed by atoms with Gasteiger partial charge in [0.25, 0.3) is 11.7 Å². The second-order valence-electron chi connectivity index (χ2n) is 8.34. The number of Topliss-reactive ketones (excluding diaryl/α,β-unsaturated/α-hetero) is 1. The maximum absolute atomic E-state index is 13.2. The maximum Gasteiger partial charge on any atom is 0.295 e. The van der Waals surface area contributed by atoms with E-state index >= 15 is 0 Å². The van der Waals surface area contributed by atoms with Gasteiger partial charge in [-0.25, -0.2) is 0 Å². The summed E-state index contributed by atoms with van der Waals surface area (Å²) in [6.45, 7) is 1.05. The number of aliphatic hydroxyl groups excluding tert-OH is 1. The normalized spacial score (nSPS) is 17.1. The van der Waals surface area contributed by atoms with Crippen molar-refractivity contribution in [3.63, 3.8) is 0 Å². The monoisotopic (exact) mass is 484 g/mol. The topological polar surface area (TPSA) is 97.8 Å². The van der Waals surface area contributed by atoms with Crippen LogP contribution in [-0.4, -0.2) is 82.2 Å². The standard InChI is InChI=1S/C26H32N2O7/c1-27(2)12-7-13-28-22(17-14-19(33-4)25(35-6)20(15-17)34-5)21(24(30)26(28)31)23(29)16-8-10-18(32-3)11-9-16/h8-11,14-15,22,29H,7,12-13H2,1-6H3. The second kappa shape index (κ2) is 11.1. The SMILES string of the molecule is COc1ccc(C(O)=C2C(=O)C(=O)N(CCCN(C)C)C2c2cc(OC)c(OC)c(OC)c2)cc1. The number of carbonyl (C=O) groups is 2. The number of ketones is 1. The van der Waals surface area contributed by atoms with Crippen molar-refractivity contribution in [1.82, 2.24) is 9.80 Å². The number of nitrogens with zero attached hydrogens (tertiary/aromatic N) is 2. The lowest BCUT2D eigenvalue weighted by Gasteiger charge is -2.27. The molecule has 2 aromatic carbocycles. The van der Waals surface area contributed by atoms with Crippen LogP contribution >= 0.6 is 0 Å². The maximum atomic E-state index is 13.2. The number of hydrogen-bond acceptors (Lipinski definition) is 8. The molecule has 35 heavy (non-hydrogen) atoms. The summed E-state index contributed by atoms with van der Waals surface area (Å²) < 4.78 is 21.6. The van der Waals surface area contributed by atoms with Gasteiger partial charge in [-0.2, -0.15) is 0 Å². The van der Waals surface area contributed by atoms with E-state index in [4.69, 9.17) is 18.9 Å². The summed E-state index contributed by atoms with van der Waals surface area (Å²) in [6, 6.07) is 9.18. The van der Waals surface area contributed by atoms with Crippen LogP contribution in [0.2, 0.25) is 0 Å². The fraction of sp³-hybridized carbons (Fsp3) is 0.385. The van der Waals surface area contributed by atoms with Crippen molar-refractivity contribution < 1.29 is 33.6 Å². The van der Waals surface area contributed by atoms with Gasteiger partial charge in [-0.05, 0) is 69.0 Å². The van der Waals surface area contributed by atoms with Gasteiger partial charge in [0.15, 0.2) is 11.5 Å². The fourth-order valence-electron chi connectivity index (χ4n) is 4.18. The Morgan fingerprint density at radius 1 is 0.943 bits per heavy atom. The molecule has 2 aromatic rings. The lowest BCUT2D eigenvalue weighted by Crippen LogP contribution is -2.32. The molecule has 0 aliphatic carbocycles. The van der Waals surface area contributed by atoms with E-state index in [2.05, 4.69) is 0 Å². The van der Waals surface area contributed by atoms with Gasteiger partial charge in [-0.15, -0.1) is 0 Å². The van der Waals surface area contributed by atoms with Crippen LogP contribution in [0.5, 0.6) is 23.0 Å². The molecule has 1 fully saturated rings. The molecule has 0 bridgehead atoms. The second-order valence-corrected chi connectivity index (χ2v) is 8.34. The Balaban J connectivity index is 2.20. The first-order valence-electron chi connectivity index (χ1n) is 11.1. The predicted octanol–water partition coefficient (Wildman–Crippen LogP) is 3.09. The van der Waals surface area contributed by atoms with Crippen LogP contribution in [0, 0.1) is 0 Å². The molecule has 1 heterocycles. The molecule has 0 aromatic heterocycles. The Bertz CT molecular complexity index is 1080. The Morgan fingerprint density at radius 3 is 2.03 bits per heavy atom. The van der Waals surface area contributed by atoms with Gasteiger partial charge in [-0.3, -0.25) is 9.59 Å². The van der Waals surface area contributed by atoms with Gasteiger partial charge in [0, 0.05) is 12.1 Å². The van der Waals surface area contributed by atoms with Crippen molar-refractivity contribution in [2.45, 2.75) is 12.5 Å². The number of aliphatic hydroxyl groups is 1. The first kappa shape index (κ1) is 25.9. The van der Waals surface area contributed by atoms with Gasteiger partial charge >= 0.3 is 0 Å². The van der Waals surface area contributed by atoms with E-state index in [1.54, 1.807) is 43.5 Å². The van der Waals surface area contributed by atoms with Crippen molar-refractivity contribution in [3.05, 3.63) is 53.1 Å². The third kappa shape index (κ3) is 5.19. The summed E-state index contributed by atoms with van der Waals surface area (Å²) in [5.74, 6) is 0.0695. The number of hydrogen-bond donors (Lipinski definition) is 1. The van der Waals surface area contributed by atoms with Gasteiger partial charge in [-0.1, -0.05) is 0 Å². The third-order valence-electron chi connectivity index (χ3n) is 5.91. The number of benzene rings is 2. The quantitative estimate of drug-likeness (QED) is 0.312. The summed E-state index contributed by atoms with van der Waals surface area (Å²) in [4.78, 5) is 29.9. The molecule has 1 atom stereocenters. The van der Waals surface area contributed by atoms with Crippen LogP contribution in [0.15, 0.2) is 42.0 Å². The Hall–Kier alpha value is -3.72. The molecular formula is C26H32N2O7. The summed E-state index contributed by atoms with van der Waals surface area (Å²) in [7, 11) is 9.90. The molecular weight excluding hydrogens is 452 g/mol. The smallest absolute Gasteiger partial charge is 0.295 e. The molecule has 1 aliphatic heterocycles. The minimum Gasteiger partial charge on any atom is -0.507 e. The lowest BCUT2D eigenvalue weighted by molar-refractivity contribution is -0.139. The van der Waals surface area contributed by atoms with E-state index in [0.717, 1.165) is 6.54 Å². The number of likely N-dealkylation sites (tertiary alicyclic amines) is 1. The molecule has 3 rings (SSSR count). The first-order chi connectivity index (χ1) is 16.8. The van der Waals surface area contributed by atoms with Crippen LogP contribution in [0.3, 0.4) is 0 Å². The number of carbonyl (C=O) groups excluding carboxylic acids is 2. The molecule has 0 radical (unpaired) electrons. The average molecular weight is 485 g/mol. The molecule has 0 saturated carbocycles. The average Bonchev–Trinajstić information content (AvgIpc) is 3.12. The van der Waals surface area contributed by atoms with Gasteiger partial charge in [0.1, 0.15) is 11.5 Å². The highest BCUT2D eigenvalue weighted by Gasteiger charge is 2.46. The van der Waals surface area contributed by atoms with Crippen molar-refractivity contribution >= 4 is 17.4 Å². The zero-order valence-electron chi connectivity index (χ0n) is 21.0. The highest BCUT2D eigenvalue weighted by atomic mass is 16.5. The minimum absolute atomic E-state index is 0.000655. The first-order valence-corrected chi connectivity index (χ1v) is 11.1. The van der Waals surface area contributed by atoms with E-state index in [-0.39, 0.29) is 11.3 Å². The molecule has 0 spiro atoms. The van der Waals surface area contributed by atoms with Gasteiger partial charge in [0.05, 0.1) is 40.1 Å². The Morgan fingerprint density at radius 2 is 1.54 bits per heavy atom. The summed E-state index contributed by atoms with van der Waals surface area (Å²) in [5.41, 5.74) is 0.951. The van der Waals surface area contributed by atoms with Gasteiger partial charge < -0.3 is 33.9 Å². The zero-order valence-corrected chi connectivity index (χ0v) is 21.0. The van der Waals surface area contributed by atoms with E-state index in [0.29, 0.717) is 47.1 Å². The molecule has 1 N–H and O–H groups in total. The van der Waals surface area contributed by atoms with Crippen LogP contribution in [0.4, 0.5) is 0 Å². The van der Waals surface area contributed by atoms with Gasteiger partial charge in [0.2, 0.25) is 5.75 Å². The van der Waals surface area contributed by atoms with Crippen molar-refractivity contribution in [1.29, 1.82) is 0 Å². The Kier molecular flexibility index (Phi) is 8.24. The van der Waals surface area contributed by atoms with Crippen LogP contribution in [-0.2, 0) is 9.59 Å². The molecule has 188 valence electrons. The number of ether oxygens (including phenoxy) is 4. The number of rotatable bonds is 10. The highest BCUT2D eigenvalue weighted by Crippen LogP contribution is 2.45. The molecule has 9 heteroatoms. The van der Waals surface area contributed by atoms with E-state index in [1.165, 1.54) is 26.2 Å². The van der Waals surface area contributed by atoms with E-state index < -0.39 is 17.7 Å². The molecule has 1 aliphatic rings. The summed E-state index contributed by atoms with van der Waals surface area (Å²) >= 11 is 0. The van der Waals surface area contributed by atoms with Crippen molar-refractivity contribution in [2.24, 2.45) is 0 Å². The number of methoxy groups -OCH3 is 4. The molecule has 1 saturated heterocycles. The summed E-state index contributed by atoms with van der Waals surface area (Å²) in [5, 5.41) is 11.2. The minimum atomic E-state index is -0.840. The lowest BCUT2D eigenvalue weighted by atomic mass is 9.94. The van der Waals surface area contributed by atoms with Crippen molar-refractivity contribution in [2.75, 3.05) is 55.6 Å². The molecule has 9 nitrogen and oxygen atoms in total. The van der Waals surface area contributed by atoms with Crippen LogP contribution in [0.1, 0.15) is 23.6 Å². The zero-order chi connectivity index (χ0) is 25.7. The fourth-order valence-corrected chi connectivity index (χ4v) is 4.18. The third-order valence-corrected chi connectivity index (χ3v) is 5.91. The largest absolute Gasteiger partial charge is 0.507 e. The van der Waals surface area contributed by atoms with Crippen LogP contribution in [0.25, 0.3) is 5.76 Å². The van der Waals surface area contributed by atoms with Crippen molar-refractivity contribution in [3.8, 4) is 23.0 Å².